The van der Waals surface area contributed by atoms with Crippen LogP contribution in [0.3, 0.4) is 0 Å². The highest BCUT2D eigenvalue weighted by Gasteiger charge is 2.07. The molecule has 5 N–H and O–H groups in total. The van der Waals surface area contributed by atoms with E-state index in [1.54, 1.807) is 18.3 Å². The number of nitrogens with two attached hydrogens (primary N) is 1. The maximum absolute atomic E-state index is 11.6. The minimum atomic E-state index is -0.301. The topological polar surface area (TPSA) is 109 Å². The average molecular weight is 218 g/mol. The lowest BCUT2D eigenvalue weighted by atomic mass is 10.3. The molecule has 2 aromatic rings. The van der Waals surface area contributed by atoms with E-state index in [1.807, 2.05) is 0 Å². The number of amides is 1. The van der Waals surface area contributed by atoms with Gasteiger partial charge in [-0.25, -0.2) is 4.98 Å². The number of hydrogen-bond acceptors (Lipinski definition) is 5. The van der Waals surface area contributed by atoms with Gasteiger partial charge in [0, 0.05) is 6.20 Å². The van der Waals surface area contributed by atoms with Gasteiger partial charge in [-0.2, -0.15) is 5.10 Å². The molecule has 2 heterocycles. The number of carbonyl (C=O) groups is 1. The van der Waals surface area contributed by atoms with Crippen LogP contribution < -0.4 is 16.6 Å². The highest BCUT2D eigenvalue weighted by Crippen LogP contribution is 2.07. The highest BCUT2D eigenvalue weighted by molar-refractivity contribution is 6.02. The van der Waals surface area contributed by atoms with Crippen LogP contribution in [-0.2, 0) is 0 Å². The average Bonchev–Trinajstić information content (AvgIpc) is 2.82. The molecule has 0 saturated heterocycles. The van der Waals surface area contributed by atoms with Crippen molar-refractivity contribution in [2.24, 2.45) is 5.84 Å². The molecule has 0 bridgehead atoms. The van der Waals surface area contributed by atoms with E-state index in [0.717, 1.165) is 0 Å². The maximum Gasteiger partial charge on any atom is 0.274 e. The quantitative estimate of drug-likeness (QED) is 0.439. The van der Waals surface area contributed by atoms with Crippen LogP contribution in [-0.4, -0.2) is 21.1 Å². The molecule has 16 heavy (non-hydrogen) atoms. The van der Waals surface area contributed by atoms with Crippen LogP contribution in [0.25, 0.3) is 0 Å². The lowest BCUT2D eigenvalue weighted by molar-refractivity contribution is 0.102. The fourth-order valence-electron chi connectivity index (χ4n) is 1.13. The van der Waals surface area contributed by atoms with E-state index < -0.39 is 0 Å². The van der Waals surface area contributed by atoms with Crippen LogP contribution in [0, 0.1) is 0 Å². The molecule has 82 valence electrons. The molecule has 7 nitrogen and oxygen atoms in total. The molecule has 0 aliphatic carbocycles. The summed E-state index contributed by atoms with van der Waals surface area (Å²) in [6.45, 7) is 0. The molecule has 7 heteroatoms. The minimum Gasteiger partial charge on any atom is -0.323 e. The van der Waals surface area contributed by atoms with Crippen LogP contribution in [0.5, 0.6) is 0 Å². The summed E-state index contributed by atoms with van der Waals surface area (Å²) in [5.74, 6) is 4.88. The second-order valence-electron chi connectivity index (χ2n) is 3.02. The van der Waals surface area contributed by atoms with Gasteiger partial charge in [-0.1, -0.05) is 0 Å². The van der Waals surface area contributed by atoms with Crippen LogP contribution >= 0.6 is 0 Å². The largest absolute Gasteiger partial charge is 0.323 e. The molecule has 0 radical (unpaired) electrons. The fourth-order valence-corrected chi connectivity index (χ4v) is 1.13. The predicted octanol–water partition coefficient (Wildman–Crippen LogP) is 0.343. The first-order valence-corrected chi connectivity index (χ1v) is 4.52. The van der Waals surface area contributed by atoms with Gasteiger partial charge in [0.2, 0.25) is 0 Å². The highest BCUT2D eigenvalue weighted by atomic mass is 16.1. The first kappa shape index (κ1) is 10.1. The second-order valence-corrected chi connectivity index (χ2v) is 3.02. The first-order chi connectivity index (χ1) is 7.79. The summed E-state index contributed by atoms with van der Waals surface area (Å²) < 4.78 is 0. The Balaban J connectivity index is 2.09. The van der Waals surface area contributed by atoms with Crippen molar-refractivity contribution in [1.29, 1.82) is 0 Å². The van der Waals surface area contributed by atoms with E-state index in [4.69, 9.17) is 5.84 Å². The zero-order chi connectivity index (χ0) is 11.4. The molecule has 0 spiro atoms. The fraction of sp³-hybridized carbons (Fsp3) is 0. The molecule has 0 aliphatic heterocycles. The number of nitrogens with one attached hydrogen (secondary N) is 3. The number of carbonyl (C=O) groups excluding carboxylic acids is 1. The van der Waals surface area contributed by atoms with Gasteiger partial charge in [0.1, 0.15) is 5.69 Å². The standard InChI is InChI=1S/C9H10N6O/c10-15-6-1-2-8(11-3-6)9(16)14-7-4-12-13-5-7/h1-5,15H,10H2,(H,12,13)(H,14,16). The number of nitrogens with zero attached hydrogens (tertiary/aromatic N) is 2. The normalized spacial score (nSPS) is 9.81. The smallest absolute Gasteiger partial charge is 0.274 e. The van der Waals surface area contributed by atoms with Crippen molar-refractivity contribution < 1.29 is 4.79 Å². The SMILES string of the molecule is NNc1ccc(C(=O)Nc2cn[nH]c2)nc1. The molecular formula is C9H10N6O. The molecule has 2 rings (SSSR count). The lowest BCUT2D eigenvalue weighted by Crippen LogP contribution is -2.14. The molecular weight excluding hydrogens is 208 g/mol. The summed E-state index contributed by atoms with van der Waals surface area (Å²) in [4.78, 5) is 15.6. The molecule has 2 aromatic heterocycles. The third-order valence-electron chi connectivity index (χ3n) is 1.92. The number of H-pyrrole nitrogens is 1. The van der Waals surface area contributed by atoms with E-state index >= 15 is 0 Å². The van der Waals surface area contributed by atoms with Crippen molar-refractivity contribution in [2.45, 2.75) is 0 Å². The number of rotatable bonds is 3. The van der Waals surface area contributed by atoms with Gasteiger partial charge in [0.15, 0.2) is 0 Å². The Kier molecular flexibility index (Phi) is 2.79. The van der Waals surface area contributed by atoms with Crippen LogP contribution in [0.1, 0.15) is 10.5 Å². The third-order valence-corrected chi connectivity index (χ3v) is 1.92. The molecule has 1 amide bonds. The molecule has 0 fully saturated rings. The number of aromatic amines is 1. The van der Waals surface area contributed by atoms with Crippen molar-refractivity contribution in [3.05, 3.63) is 36.4 Å². The molecule has 0 unspecified atom stereocenters. The van der Waals surface area contributed by atoms with E-state index in [1.165, 1.54) is 12.4 Å². The third kappa shape index (κ3) is 2.15. The first-order valence-electron chi connectivity index (χ1n) is 4.52. The summed E-state index contributed by atoms with van der Waals surface area (Å²) >= 11 is 0. The van der Waals surface area contributed by atoms with Crippen molar-refractivity contribution in [2.75, 3.05) is 10.7 Å². The van der Waals surface area contributed by atoms with E-state index in [-0.39, 0.29) is 5.91 Å². The van der Waals surface area contributed by atoms with Gasteiger partial charge >= 0.3 is 0 Å². The minimum absolute atomic E-state index is 0.301. The van der Waals surface area contributed by atoms with Crippen molar-refractivity contribution in [3.8, 4) is 0 Å². The molecule has 0 aromatic carbocycles. The zero-order valence-electron chi connectivity index (χ0n) is 8.27. The van der Waals surface area contributed by atoms with Crippen LogP contribution in [0.15, 0.2) is 30.7 Å². The number of hydrazine groups is 1. The summed E-state index contributed by atoms with van der Waals surface area (Å²) in [5, 5.41) is 8.93. The Morgan fingerprint density at radius 1 is 1.31 bits per heavy atom. The van der Waals surface area contributed by atoms with Gasteiger partial charge in [0.05, 0.1) is 23.8 Å². The Morgan fingerprint density at radius 3 is 2.75 bits per heavy atom. The Morgan fingerprint density at radius 2 is 2.19 bits per heavy atom. The molecule has 0 saturated carbocycles. The van der Waals surface area contributed by atoms with Gasteiger partial charge in [-0.3, -0.25) is 15.7 Å². The van der Waals surface area contributed by atoms with Crippen LogP contribution in [0.2, 0.25) is 0 Å². The van der Waals surface area contributed by atoms with E-state index in [9.17, 15) is 4.79 Å². The lowest BCUT2D eigenvalue weighted by Gasteiger charge is -2.02. The summed E-state index contributed by atoms with van der Waals surface area (Å²) in [7, 11) is 0. The second kappa shape index (κ2) is 4.41. The zero-order valence-corrected chi connectivity index (χ0v) is 8.27. The number of aromatic nitrogens is 3. The summed E-state index contributed by atoms with van der Waals surface area (Å²) in [5.41, 5.74) is 3.96. The van der Waals surface area contributed by atoms with Gasteiger partial charge in [0.25, 0.3) is 5.91 Å². The Hall–Kier alpha value is -2.41. The van der Waals surface area contributed by atoms with Gasteiger partial charge in [-0.05, 0) is 12.1 Å². The number of hydrogen-bond donors (Lipinski definition) is 4. The van der Waals surface area contributed by atoms with Crippen molar-refractivity contribution in [1.82, 2.24) is 15.2 Å². The van der Waals surface area contributed by atoms with Gasteiger partial charge in [-0.15, -0.1) is 0 Å². The predicted molar refractivity (Wildman–Crippen MR) is 58.6 cm³/mol. The van der Waals surface area contributed by atoms with Crippen molar-refractivity contribution >= 4 is 17.3 Å². The Labute approximate surface area is 91.0 Å². The molecule has 0 atom stereocenters. The van der Waals surface area contributed by atoms with E-state index in [2.05, 4.69) is 25.9 Å². The van der Waals surface area contributed by atoms with Crippen molar-refractivity contribution in [3.63, 3.8) is 0 Å². The van der Waals surface area contributed by atoms with E-state index in [0.29, 0.717) is 17.1 Å². The maximum atomic E-state index is 11.6. The van der Waals surface area contributed by atoms with Crippen LogP contribution in [0.4, 0.5) is 11.4 Å². The monoisotopic (exact) mass is 218 g/mol. The Bertz CT molecular complexity index is 463. The number of anilines is 2. The summed E-state index contributed by atoms with van der Waals surface area (Å²) in [6.07, 6.45) is 4.56. The summed E-state index contributed by atoms with van der Waals surface area (Å²) in [6, 6.07) is 3.24. The number of nitrogen functional groups attached to an aromatic ring is 1. The number of pyridine rings is 1. The molecule has 0 aliphatic rings. The van der Waals surface area contributed by atoms with Gasteiger partial charge < -0.3 is 10.7 Å².